The third-order valence-corrected chi connectivity index (χ3v) is 4.43. The molecule has 2 aliphatic carbocycles. The quantitative estimate of drug-likeness (QED) is 0.799. The molecule has 2 saturated carbocycles. The van der Waals surface area contributed by atoms with E-state index in [0.29, 0.717) is 0 Å². The van der Waals surface area contributed by atoms with Crippen molar-refractivity contribution in [2.45, 2.75) is 56.5 Å². The largest absolute Gasteiger partial charge is 0.385 e. The molecule has 3 rings (SSSR count). The van der Waals surface area contributed by atoms with Crippen molar-refractivity contribution in [2.24, 2.45) is 0 Å². The topological polar surface area (TPSA) is 20.2 Å². The van der Waals surface area contributed by atoms with E-state index < -0.39 is 5.60 Å². The van der Waals surface area contributed by atoms with Crippen LogP contribution in [0.15, 0.2) is 24.3 Å². The molecule has 0 heterocycles. The zero-order chi connectivity index (χ0) is 11.0. The summed E-state index contributed by atoms with van der Waals surface area (Å²) in [6.07, 6.45) is 8.28. The first-order valence-corrected chi connectivity index (χ1v) is 6.61. The zero-order valence-corrected chi connectivity index (χ0v) is 9.78. The Bertz CT molecular complexity index is 373. The van der Waals surface area contributed by atoms with Gasteiger partial charge in [0.15, 0.2) is 0 Å². The van der Waals surface area contributed by atoms with E-state index in [0.717, 1.165) is 24.3 Å². The second-order valence-corrected chi connectivity index (χ2v) is 5.49. The number of hydrogen-bond acceptors (Lipinski definition) is 1. The van der Waals surface area contributed by atoms with E-state index in [1.165, 1.54) is 37.7 Å². The maximum Gasteiger partial charge on any atom is 0.0896 e. The van der Waals surface area contributed by atoms with E-state index in [4.69, 9.17) is 0 Å². The van der Waals surface area contributed by atoms with Gasteiger partial charge in [0.05, 0.1) is 5.60 Å². The lowest BCUT2D eigenvalue weighted by atomic mass is 9.78. The van der Waals surface area contributed by atoms with Gasteiger partial charge in [-0.1, -0.05) is 43.5 Å². The summed E-state index contributed by atoms with van der Waals surface area (Å²) in [5.74, 6) is 0.768. The highest BCUT2D eigenvalue weighted by atomic mass is 16.3. The molecule has 0 unspecified atom stereocenters. The van der Waals surface area contributed by atoms with Crippen LogP contribution >= 0.6 is 0 Å². The molecule has 2 fully saturated rings. The Kier molecular flexibility index (Phi) is 2.51. The molecule has 0 amide bonds. The van der Waals surface area contributed by atoms with Crippen LogP contribution in [-0.2, 0) is 5.60 Å². The molecule has 1 nitrogen and oxygen atoms in total. The van der Waals surface area contributed by atoms with Crippen molar-refractivity contribution in [1.82, 2.24) is 0 Å². The van der Waals surface area contributed by atoms with Crippen LogP contribution in [0.4, 0.5) is 0 Å². The van der Waals surface area contributed by atoms with E-state index in [-0.39, 0.29) is 0 Å². The van der Waals surface area contributed by atoms with Crippen LogP contribution in [0.5, 0.6) is 0 Å². The molecule has 86 valence electrons. The Morgan fingerprint density at radius 2 is 1.81 bits per heavy atom. The molecule has 0 saturated heterocycles. The molecule has 0 atom stereocenters. The summed E-state index contributed by atoms with van der Waals surface area (Å²) in [4.78, 5) is 0. The Labute approximate surface area is 97.5 Å². The van der Waals surface area contributed by atoms with Crippen molar-refractivity contribution in [2.75, 3.05) is 0 Å². The predicted octanol–water partition coefficient (Wildman–Crippen LogP) is 3.72. The van der Waals surface area contributed by atoms with E-state index in [2.05, 4.69) is 24.3 Å². The zero-order valence-electron chi connectivity index (χ0n) is 9.78. The first-order chi connectivity index (χ1) is 7.78. The summed E-state index contributed by atoms with van der Waals surface area (Å²) in [6.45, 7) is 0. The predicted molar refractivity (Wildman–Crippen MR) is 65.4 cm³/mol. The van der Waals surface area contributed by atoms with E-state index in [9.17, 15) is 5.11 Å². The minimum absolute atomic E-state index is 0.514. The summed E-state index contributed by atoms with van der Waals surface area (Å²) in [5.41, 5.74) is 2.10. The molecule has 0 aliphatic heterocycles. The van der Waals surface area contributed by atoms with Gasteiger partial charge < -0.3 is 5.11 Å². The summed E-state index contributed by atoms with van der Waals surface area (Å²) in [7, 11) is 0. The smallest absolute Gasteiger partial charge is 0.0896 e. The molecule has 2 aliphatic rings. The highest BCUT2D eigenvalue weighted by Crippen LogP contribution is 2.41. The van der Waals surface area contributed by atoms with Gasteiger partial charge in [-0.05, 0) is 42.7 Å². The molecular formula is C15H20O. The highest BCUT2D eigenvalue weighted by molar-refractivity contribution is 5.31. The SMILES string of the molecule is OC1(c2cccc(C3CCC3)c2)CCCC1. The second kappa shape index (κ2) is 3.89. The third-order valence-electron chi connectivity index (χ3n) is 4.43. The number of aliphatic hydroxyl groups is 1. The Morgan fingerprint density at radius 1 is 1.06 bits per heavy atom. The summed E-state index contributed by atoms with van der Waals surface area (Å²) >= 11 is 0. The molecule has 1 aromatic rings. The van der Waals surface area contributed by atoms with Gasteiger partial charge in [0.25, 0.3) is 0 Å². The van der Waals surface area contributed by atoms with Gasteiger partial charge in [-0.25, -0.2) is 0 Å². The number of rotatable bonds is 2. The van der Waals surface area contributed by atoms with Crippen LogP contribution in [0.1, 0.15) is 62.0 Å². The molecule has 16 heavy (non-hydrogen) atoms. The standard InChI is InChI=1S/C15H20O/c16-15(9-1-2-10-15)14-8-4-7-13(11-14)12-5-3-6-12/h4,7-8,11-12,16H,1-3,5-6,9-10H2. The maximum atomic E-state index is 10.6. The molecule has 1 aromatic carbocycles. The van der Waals surface area contributed by atoms with E-state index in [1.807, 2.05) is 0 Å². The van der Waals surface area contributed by atoms with Crippen molar-refractivity contribution in [3.63, 3.8) is 0 Å². The lowest BCUT2D eigenvalue weighted by molar-refractivity contribution is 0.0443. The second-order valence-electron chi connectivity index (χ2n) is 5.49. The van der Waals surface area contributed by atoms with Crippen LogP contribution in [0.2, 0.25) is 0 Å². The number of benzene rings is 1. The van der Waals surface area contributed by atoms with Crippen LogP contribution in [0, 0.1) is 0 Å². The minimum atomic E-state index is -0.514. The summed E-state index contributed by atoms with van der Waals surface area (Å²) in [5, 5.41) is 10.6. The monoisotopic (exact) mass is 216 g/mol. The van der Waals surface area contributed by atoms with Crippen LogP contribution in [-0.4, -0.2) is 5.11 Å². The lowest BCUT2D eigenvalue weighted by Crippen LogP contribution is -2.21. The molecule has 0 bridgehead atoms. The van der Waals surface area contributed by atoms with E-state index in [1.54, 1.807) is 0 Å². The first kappa shape index (κ1) is 10.3. The normalized spacial score (nSPS) is 24.3. The van der Waals surface area contributed by atoms with Gasteiger partial charge in [0.1, 0.15) is 0 Å². The van der Waals surface area contributed by atoms with Gasteiger partial charge >= 0.3 is 0 Å². The molecule has 1 heteroatoms. The fourth-order valence-electron chi connectivity index (χ4n) is 3.07. The van der Waals surface area contributed by atoms with Crippen LogP contribution in [0.3, 0.4) is 0 Å². The molecule has 0 radical (unpaired) electrons. The fraction of sp³-hybridized carbons (Fsp3) is 0.600. The Morgan fingerprint density at radius 3 is 2.44 bits per heavy atom. The van der Waals surface area contributed by atoms with E-state index >= 15 is 0 Å². The highest BCUT2D eigenvalue weighted by Gasteiger charge is 2.33. The first-order valence-electron chi connectivity index (χ1n) is 6.61. The molecule has 0 spiro atoms. The molecule has 0 aromatic heterocycles. The third kappa shape index (κ3) is 1.67. The lowest BCUT2D eigenvalue weighted by Gasteiger charge is -2.28. The average Bonchev–Trinajstić information content (AvgIpc) is 2.65. The molecule has 1 N–H and O–H groups in total. The molecular weight excluding hydrogens is 196 g/mol. The summed E-state index contributed by atoms with van der Waals surface area (Å²) < 4.78 is 0. The van der Waals surface area contributed by atoms with Crippen LogP contribution < -0.4 is 0 Å². The number of hydrogen-bond donors (Lipinski definition) is 1. The van der Waals surface area contributed by atoms with Crippen molar-refractivity contribution < 1.29 is 5.11 Å². The van der Waals surface area contributed by atoms with Gasteiger partial charge in [0, 0.05) is 0 Å². The van der Waals surface area contributed by atoms with Gasteiger partial charge in [-0.2, -0.15) is 0 Å². The Hall–Kier alpha value is -0.820. The Balaban J connectivity index is 1.89. The van der Waals surface area contributed by atoms with Gasteiger partial charge in [0.2, 0.25) is 0 Å². The van der Waals surface area contributed by atoms with Gasteiger partial charge in [-0.3, -0.25) is 0 Å². The van der Waals surface area contributed by atoms with Crippen molar-refractivity contribution >= 4 is 0 Å². The average molecular weight is 216 g/mol. The van der Waals surface area contributed by atoms with Gasteiger partial charge in [-0.15, -0.1) is 0 Å². The van der Waals surface area contributed by atoms with Crippen molar-refractivity contribution in [1.29, 1.82) is 0 Å². The maximum absolute atomic E-state index is 10.6. The van der Waals surface area contributed by atoms with Crippen LogP contribution in [0.25, 0.3) is 0 Å². The fourth-order valence-corrected chi connectivity index (χ4v) is 3.07. The van der Waals surface area contributed by atoms with Crippen molar-refractivity contribution in [3.8, 4) is 0 Å². The minimum Gasteiger partial charge on any atom is -0.385 e. The van der Waals surface area contributed by atoms with Crippen molar-refractivity contribution in [3.05, 3.63) is 35.4 Å². The summed E-state index contributed by atoms with van der Waals surface area (Å²) in [6, 6.07) is 8.72.